The minimum atomic E-state index is -0.577. The van der Waals surface area contributed by atoms with Gasteiger partial charge in [-0.05, 0) is 50.2 Å². The fourth-order valence-corrected chi connectivity index (χ4v) is 3.79. The largest absolute Gasteiger partial charge is 0.451 e. The lowest BCUT2D eigenvalue weighted by atomic mass is 10.2. The second-order valence-electron chi connectivity index (χ2n) is 7.05. The number of carbonyl (C=O) groups excluding carboxylic acids is 1. The summed E-state index contributed by atoms with van der Waals surface area (Å²) in [7, 11) is 0. The molecule has 2 heterocycles. The summed E-state index contributed by atoms with van der Waals surface area (Å²) in [4.78, 5) is 22.8. The number of halogens is 2. The van der Waals surface area contributed by atoms with E-state index in [0.29, 0.717) is 21.0 Å². The lowest BCUT2D eigenvalue weighted by molar-refractivity contribution is -0.384. The van der Waals surface area contributed by atoms with E-state index >= 15 is 0 Å². The topological polar surface area (TPSA) is 103 Å². The number of hydrazone groups is 1. The van der Waals surface area contributed by atoms with Crippen LogP contribution in [0.15, 0.2) is 58.0 Å². The number of nitro groups is 1. The molecule has 0 spiro atoms. The fraction of sp³-hybridized carbons (Fsp3) is 0.0909. The van der Waals surface area contributed by atoms with E-state index in [4.69, 9.17) is 27.6 Å². The predicted molar refractivity (Wildman–Crippen MR) is 123 cm³/mol. The van der Waals surface area contributed by atoms with Crippen molar-refractivity contribution in [2.24, 2.45) is 5.10 Å². The van der Waals surface area contributed by atoms with Crippen LogP contribution in [-0.2, 0) is 0 Å². The Labute approximate surface area is 192 Å². The van der Waals surface area contributed by atoms with Crippen LogP contribution in [0.1, 0.15) is 27.5 Å². The van der Waals surface area contributed by atoms with Gasteiger partial charge in [0.05, 0.1) is 21.8 Å². The van der Waals surface area contributed by atoms with Crippen molar-refractivity contribution in [1.29, 1.82) is 0 Å². The van der Waals surface area contributed by atoms with Crippen LogP contribution in [0.3, 0.4) is 0 Å². The third kappa shape index (κ3) is 4.10. The monoisotopic (exact) mass is 470 g/mol. The van der Waals surface area contributed by atoms with Crippen molar-refractivity contribution in [3.63, 3.8) is 0 Å². The first-order valence-corrected chi connectivity index (χ1v) is 10.2. The number of non-ortho nitro benzene ring substituents is 1. The van der Waals surface area contributed by atoms with Gasteiger partial charge in [-0.15, -0.1) is 0 Å². The first kappa shape index (κ1) is 21.6. The molecule has 1 amide bonds. The highest BCUT2D eigenvalue weighted by Gasteiger charge is 2.15. The number of nitrogens with zero attached hydrogens (tertiary/aromatic N) is 3. The van der Waals surface area contributed by atoms with E-state index < -0.39 is 10.8 Å². The molecule has 0 aliphatic rings. The molecule has 1 N–H and O–H groups in total. The van der Waals surface area contributed by atoms with Crippen LogP contribution in [-0.4, -0.2) is 21.6 Å². The Morgan fingerprint density at radius 2 is 1.94 bits per heavy atom. The number of nitrogens with one attached hydrogen (secondary N) is 1. The molecular formula is C22H16Cl2N4O4. The van der Waals surface area contributed by atoms with E-state index in [9.17, 15) is 14.9 Å². The van der Waals surface area contributed by atoms with Crippen LogP contribution in [0, 0.1) is 24.0 Å². The molecule has 0 atom stereocenters. The highest BCUT2D eigenvalue weighted by Crippen LogP contribution is 2.28. The summed E-state index contributed by atoms with van der Waals surface area (Å²) in [5.74, 6) is -0.583. The minimum Gasteiger partial charge on any atom is -0.451 e. The summed E-state index contributed by atoms with van der Waals surface area (Å²) in [6.45, 7) is 3.83. The van der Waals surface area contributed by atoms with Gasteiger partial charge in [-0.25, -0.2) is 5.43 Å². The zero-order valence-electron chi connectivity index (χ0n) is 16.9. The maximum absolute atomic E-state index is 12.4. The Bertz CT molecular complexity index is 1400. The third-order valence-electron chi connectivity index (χ3n) is 4.92. The molecule has 0 saturated carbocycles. The molecule has 0 aliphatic heterocycles. The maximum atomic E-state index is 12.4. The van der Waals surface area contributed by atoms with Crippen molar-refractivity contribution < 1.29 is 14.1 Å². The molecule has 2 aromatic heterocycles. The number of fused-ring (bicyclic) bond motifs is 1. The number of hydrogen-bond donors (Lipinski definition) is 1. The number of rotatable bonds is 5. The van der Waals surface area contributed by atoms with Crippen molar-refractivity contribution in [2.45, 2.75) is 13.8 Å². The Hall–Kier alpha value is -3.62. The number of benzene rings is 2. The second-order valence-corrected chi connectivity index (χ2v) is 7.89. The van der Waals surface area contributed by atoms with E-state index in [-0.39, 0.29) is 11.4 Å². The molecule has 2 aromatic carbocycles. The quantitative estimate of drug-likeness (QED) is 0.225. The average Bonchev–Trinajstić information content (AvgIpc) is 3.30. The third-order valence-corrected chi connectivity index (χ3v) is 5.48. The summed E-state index contributed by atoms with van der Waals surface area (Å²) in [5, 5.41) is 16.5. The van der Waals surface area contributed by atoms with Gasteiger partial charge in [0.1, 0.15) is 5.58 Å². The van der Waals surface area contributed by atoms with Crippen LogP contribution in [0.2, 0.25) is 10.0 Å². The van der Waals surface area contributed by atoms with Crippen LogP contribution in [0.5, 0.6) is 0 Å². The van der Waals surface area contributed by atoms with Crippen LogP contribution >= 0.6 is 23.2 Å². The van der Waals surface area contributed by atoms with Crippen molar-refractivity contribution in [2.75, 3.05) is 0 Å². The van der Waals surface area contributed by atoms with Crippen LogP contribution in [0.4, 0.5) is 5.69 Å². The van der Waals surface area contributed by atoms with Gasteiger partial charge in [0.25, 0.3) is 5.69 Å². The molecule has 0 fully saturated rings. The number of nitro benzene ring substituents is 1. The lowest BCUT2D eigenvalue weighted by Gasteiger charge is -2.12. The first-order valence-electron chi connectivity index (χ1n) is 9.40. The zero-order chi connectivity index (χ0) is 23.0. The molecule has 0 radical (unpaired) electrons. The number of aryl methyl sites for hydroxylation is 1. The molecule has 0 aliphatic carbocycles. The van der Waals surface area contributed by atoms with E-state index in [1.165, 1.54) is 30.5 Å². The minimum absolute atomic E-state index is 0.00571. The summed E-state index contributed by atoms with van der Waals surface area (Å²) in [6, 6.07) is 12.7. The van der Waals surface area contributed by atoms with Crippen LogP contribution in [0.25, 0.3) is 16.7 Å². The second kappa shape index (κ2) is 8.49. The Kier molecular flexibility index (Phi) is 5.73. The zero-order valence-corrected chi connectivity index (χ0v) is 18.4. The molecule has 32 heavy (non-hydrogen) atoms. The van der Waals surface area contributed by atoms with Crippen molar-refractivity contribution in [3.8, 4) is 5.69 Å². The summed E-state index contributed by atoms with van der Waals surface area (Å²) in [5.41, 5.74) is 5.99. The predicted octanol–water partition coefficient (Wildman–Crippen LogP) is 5.82. The van der Waals surface area contributed by atoms with Gasteiger partial charge >= 0.3 is 5.91 Å². The van der Waals surface area contributed by atoms with E-state index in [1.54, 1.807) is 18.2 Å². The number of hydrogen-bond acceptors (Lipinski definition) is 5. The maximum Gasteiger partial charge on any atom is 0.307 e. The van der Waals surface area contributed by atoms with Gasteiger partial charge in [0, 0.05) is 39.5 Å². The Morgan fingerprint density at radius 3 is 2.69 bits per heavy atom. The molecular weight excluding hydrogens is 455 g/mol. The normalized spacial score (nSPS) is 11.4. The highest BCUT2D eigenvalue weighted by molar-refractivity contribution is 6.34. The van der Waals surface area contributed by atoms with E-state index in [1.807, 2.05) is 24.5 Å². The van der Waals surface area contributed by atoms with Gasteiger partial charge in [0.15, 0.2) is 5.76 Å². The summed E-state index contributed by atoms with van der Waals surface area (Å²) >= 11 is 12.5. The van der Waals surface area contributed by atoms with Gasteiger partial charge in [0.2, 0.25) is 0 Å². The summed E-state index contributed by atoms with van der Waals surface area (Å²) < 4.78 is 7.40. The molecule has 4 rings (SSSR count). The average molecular weight is 471 g/mol. The molecule has 0 unspecified atom stereocenters. The number of amides is 1. The van der Waals surface area contributed by atoms with E-state index in [0.717, 1.165) is 22.6 Å². The van der Waals surface area contributed by atoms with Crippen molar-refractivity contribution in [3.05, 3.63) is 91.4 Å². The Morgan fingerprint density at radius 1 is 1.16 bits per heavy atom. The van der Waals surface area contributed by atoms with Crippen molar-refractivity contribution in [1.82, 2.24) is 9.99 Å². The van der Waals surface area contributed by atoms with Gasteiger partial charge < -0.3 is 8.98 Å². The highest BCUT2D eigenvalue weighted by atomic mass is 35.5. The number of furan rings is 1. The molecule has 0 bridgehead atoms. The molecule has 8 nitrogen and oxygen atoms in total. The molecule has 0 saturated heterocycles. The SMILES string of the molecule is Cc1cc(/C=N/NC(=O)c2cc3cc([N+](=O)[O-])ccc3o2)c(C)n1-c1cc(Cl)ccc1Cl. The van der Waals surface area contributed by atoms with Crippen molar-refractivity contribution >= 4 is 52.0 Å². The first-order chi connectivity index (χ1) is 15.2. The lowest BCUT2D eigenvalue weighted by Crippen LogP contribution is -2.16. The van der Waals surface area contributed by atoms with E-state index in [2.05, 4.69) is 10.5 Å². The smallest absolute Gasteiger partial charge is 0.307 e. The summed E-state index contributed by atoms with van der Waals surface area (Å²) in [6.07, 6.45) is 1.52. The number of carbonyl (C=O) groups is 1. The fourth-order valence-electron chi connectivity index (χ4n) is 3.42. The number of aromatic nitrogens is 1. The molecule has 10 heteroatoms. The van der Waals surface area contributed by atoms with Gasteiger partial charge in [-0.3, -0.25) is 14.9 Å². The Balaban J connectivity index is 1.54. The van der Waals surface area contributed by atoms with Crippen LogP contribution < -0.4 is 5.43 Å². The van der Waals surface area contributed by atoms with Gasteiger partial charge in [-0.1, -0.05) is 23.2 Å². The molecule has 4 aromatic rings. The molecule has 162 valence electrons. The van der Waals surface area contributed by atoms with Gasteiger partial charge in [-0.2, -0.15) is 5.10 Å². The standard InChI is InChI=1S/C22H16Cl2N4O4/c1-12-7-15(13(2)27(12)19-10-16(23)3-5-18(19)24)11-25-26-22(29)21-9-14-8-17(28(30)31)4-6-20(14)32-21/h3-11H,1-2H3,(H,26,29)/b25-11+.